The molecule has 36 heavy (non-hydrogen) atoms. The minimum Gasteiger partial charge on any atom is -0.507 e. The molecule has 1 N–H and O–H groups in total. The molecule has 1 amide bonds. The number of hydrogen-bond acceptors (Lipinski definition) is 7. The number of likely N-dealkylation sites (tertiary alicyclic amines) is 1. The standard InChI is InChI=1S/C26H26Cl2N2O6/c27-18-4-2-16(14-19(18)28)23-22(24(31)17-3-5-20-21(15-17)36-13-12-35-20)25(32)26(33)30(23)7-1-6-29-8-10-34-11-9-29/h2-5,14-15,23,31H,1,6-13H2/b24-22+/t23-/m0/s1. The van der Waals surface area contributed by atoms with Crippen LogP contribution in [0.5, 0.6) is 11.5 Å². The first-order valence-electron chi connectivity index (χ1n) is 11.9. The van der Waals surface area contributed by atoms with Gasteiger partial charge in [0.15, 0.2) is 11.5 Å². The first-order valence-corrected chi connectivity index (χ1v) is 12.6. The fraction of sp³-hybridized carbons (Fsp3) is 0.385. The molecule has 2 fully saturated rings. The summed E-state index contributed by atoms with van der Waals surface area (Å²) in [6.07, 6.45) is 0.662. The number of benzene rings is 2. The van der Waals surface area contributed by atoms with Gasteiger partial charge in [0.25, 0.3) is 11.7 Å². The maximum Gasteiger partial charge on any atom is 0.295 e. The lowest BCUT2D eigenvalue weighted by Crippen LogP contribution is -2.38. The Morgan fingerprint density at radius 1 is 0.917 bits per heavy atom. The zero-order chi connectivity index (χ0) is 25.2. The fourth-order valence-corrected chi connectivity index (χ4v) is 5.08. The van der Waals surface area contributed by atoms with Crippen molar-refractivity contribution >= 4 is 40.7 Å². The van der Waals surface area contributed by atoms with E-state index in [1.54, 1.807) is 36.4 Å². The Kier molecular flexibility index (Phi) is 7.39. The summed E-state index contributed by atoms with van der Waals surface area (Å²) >= 11 is 12.4. The summed E-state index contributed by atoms with van der Waals surface area (Å²) in [5, 5.41) is 12.0. The van der Waals surface area contributed by atoms with Gasteiger partial charge in [0.05, 0.1) is 34.9 Å². The molecule has 10 heteroatoms. The van der Waals surface area contributed by atoms with Crippen LogP contribution in [0.1, 0.15) is 23.6 Å². The molecular formula is C26H26Cl2N2O6. The van der Waals surface area contributed by atoms with Crippen molar-refractivity contribution in [3.8, 4) is 11.5 Å². The molecule has 0 aromatic heterocycles. The van der Waals surface area contributed by atoms with Gasteiger partial charge in [0, 0.05) is 31.7 Å². The van der Waals surface area contributed by atoms with Gasteiger partial charge in [-0.3, -0.25) is 14.5 Å². The van der Waals surface area contributed by atoms with E-state index >= 15 is 0 Å². The zero-order valence-corrected chi connectivity index (χ0v) is 21.1. The Labute approximate surface area is 218 Å². The Morgan fingerprint density at radius 3 is 2.42 bits per heavy atom. The van der Waals surface area contributed by atoms with Crippen LogP contribution in [0.25, 0.3) is 5.76 Å². The first-order chi connectivity index (χ1) is 17.4. The van der Waals surface area contributed by atoms with Crippen molar-refractivity contribution in [1.29, 1.82) is 0 Å². The third kappa shape index (κ3) is 4.91. The SMILES string of the molecule is O=C1C(=O)N(CCCN2CCOCC2)[C@@H](c2ccc(Cl)c(Cl)c2)/C1=C(\O)c1ccc2c(c1)OCCO2. The van der Waals surface area contributed by atoms with Gasteiger partial charge < -0.3 is 24.2 Å². The number of carbonyl (C=O) groups excluding carboxylic acids is 2. The smallest absolute Gasteiger partial charge is 0.295 e. The second kappa shape index (κ2) is 10.7. The van der Waals surface area contributed by atoms with E-state index in [1.807, 2.05) is 0 Å². The highest BCUT2D eigenvalue weighted by molar-refractivity contribution is 6.46. The van der Waals surface area contributed by atoms with Crippen LogP contribution in [0.2, 0.25) is 10.0 Å². The number of ether oxygens (including phenoxy) is 3. The monoisotopic (exact) mass is 532 g/mol. The Balaban J connectivity index is 1.50. The molecule has 0 saturated carbocycles. The molecule has 8 nitrogen and oxygen atoms in total. The molecule has 2 aromatic carbocycles. The van der Waals surface area contributed by atoms with E-state index in [1.165, 1.54) is 4.90 Å². The molecule has 0 bridgehead atoms. The van der Waals surface area contributed by atoms with Crippen molar-refractivity contribution in [2.75, 3.05) is 52.6 Å². The molecule has 3 heterocycles. The molecule has 1 atom stereocenters. The number of carbonyl (C=O) groups is 2. The molecule has 3 aliphatic rings. The normalized spacial score (nSPS) is 21.7. The van der Waals surface area contributed by atoms with Gasteiger partial charge in [-0.2, -0.15) is 0 Å². The number of amides is 1. The lowest BCUT2D eigenvalue weighted by molar-refractivity contribution is -0.140. The quantitative estimate of drug-likeness (QED) is 0.342. The van der Waals surface area contributed by atoms with Crippen molar-refractivity contribution in [2.45, 2.75) is 12.5 Å². The third-order valence-electron chi connectivity index (χ3n) is 6.59. The molecule has 3 aliphatic heterocycles. The number of hydrogen-bond donors (Lipinski definition) is 1. The van der Waals surface area contributed by atoms with Crippen LogP contribution in [0.15, 0.2) is 42.0 Å². The van der Waals surface area contributed by atoms with Gasteiger partial charge in [-0.15, -0.1) is 0 Å². The van der Waals surface area contributed by atoms with Crippen LogP contribution in [-0.4, -0.2) is 79.2 Å². The van der Waals surface area contributed by atoms with Gasteiger partial charge in [0.2, 0.25) is 0 Å². The summed E-state index contributed by atoms with van der Waals surface area (Å²) in [4.78, 5) is 30.2. The van der Waals surface area contributed by atoms with Crippen LogP contribution in [-0.2, 0) is 14.3 Å². The van der Waals surface area contributed by atoms with Gasteiger partial charge in [-0.25, -0.2) is 0 Å². The topological polar surface area (TPSA) is 88.5 Å². The molecule has 0 radical (unpaired) electrons. The van der Waals surface area contributed by atoms with Gasteiger partial charge in [-0.1, -0.05) is 29.3 Å². The summed E-state index contributed by atoms with van der Waals surface area (Å²) < 4.78 is 16.6. The van der Waals surface area contributed by atoms with E-state index in [9.17, 15) is 14.7 Å². The number of ketones is 1. The summed E-state index contributed by atoms with van der Waals surface area (Å²) in [6.45, 7) is 4.96. The van der Waals surface area contributed by atoms with Crippen LogP contribution in [0.3, 0.4) is 0 Å². The van der Waals surface area contributed by atoms with E-state index < -0.39 is 17.7 Å². The Bertz CT molecular complexity index is 1210. The maximum absolute atomic E-state index is 13.3. The number of fused-ring (bicyclic) bond motifs is 1. The molecule has 2 aromatic rings. The highest BCUT2D eigenvalue weighted by atomic mass is 35.5. The van der Waals surface area contributed by atoms with Crippen molar-refractivity contribution in [1.82, 2.24) is 9.80 Å². The molecule has 0 aliphatic carbocycles. The number of Topliss-reactive ketones (excluding diaryl/α,β-unsaturated/α-hetero) is 1. The van der Waals surface area contributed by atoms with Gasteiger partial charge in [-0.05, 0) is 42.3 Å². The number of morpholine rings is 1. The van der Waals surface area contributed by atoms with E-state index in [0.717, 1.165) is 19.6 Å². The summed E-state index contributed by atoms with van der Waals surface area (Å²) in [5.41, 5.74) is 0.950. The predicted octanol–water partition coefficient (Wildman–Crippen LogP) is 3.91. The van der Waals surface area contributed by atoms with Crippen LogP contribution < -0.4 is 9.47 Å². The summed E-state index contributed by atoms with van der Waals surface area (Å²) in [5.74, 6) is -0.660. The van der Waals surface area contributed by atoms with Crippen molar-refractivity contribution in [3.05, 3.63) is 63.1 Å². The van der Waals surface area contributed by atoms with Gasteiger partial charge in [0.1, 0.15) is 19.0 Å². The first kappa shape index (κ1) is 24.9. The maximum atomic E-state index is 13.3. The average Bonchev–Trinajstić information content (AvgIpc) is 3.15. The summed E-state index contributed by atoms with van der Waals surface area (Å²) in [7, 11) is 0. The molecule has 190 valence electrons. The molecule has 2 saturated heterocycles. The van der Waals surface area contributed by atoms with Crippen molar-refractivity contribution < 1.29 is 28.9 Å². The predicted molar refractivity (Wildman–Crippen MR) is 135 cm³/mol. The summed E-state index contributed by atoms with van der Waals surface area (Å²) in [6, 6.07) is 9.09. The highest BCUT2D eigenvalue weighted by Gasteiger charge is 2.46. The lowest BCUT2D eigenvalue weighted by Gasteiger charge is -2.29. The number of aliphatic hydroxyl groups is 1. The second-order valence-electron chi connectivity index (χ2n) is 8.83. The Morgan fingerprint density at radius 2 is 1.67 bits per heavy atom. The Hall–Kier alpha value is -2.78. The number of nitrogens with zero attached hydrogens (tertiary/aromatic N) is 2. The number of aliphatic hydroxyl groups excluding tert-OH is 1. The van der Waals surface area contributed by atoms with E-state index in [-0.39, 0.29) is 11.3 Å². The van der Waals surface area contributed by atoms with E-state index in [0.29, 0.717) is 72.1 Å². The largest absolute Gasteiger partial charge is 0.507 e. The van der Waals surface area contributed by atoms with Crippen molar-refractivity contribution in [2.24, 2.45) is 0 Å². The number of rotatable bonds is 6. The minimum absolute atomic E-state index is 0.00133. The lowest BCUT2D eigenvalue weighted by atomic mass is 9.95. The number of halogens is 2. The average molecular weight is 533 g/mol. The molecular weight excluding hydrogens is 507 g/mol. The van der Waals surface area contributed by atoms with Crippen LogP contribution >= 0.6 is 23.2 Å². The third-order valence-corrected chi connectivity index (χ3v) is 7.33. The molecule has 0 unspecified atom stereocenters. The second-order valence-corrected chi connectivity index (χ2v) is 9.65. The fourth-order valence-electron chi connectivity index (χ4n) is 4.78. The van der Waals surface area contributed by atoms with Crippen LogP contribution in [0, 0.1) is 0 Å². The van der Waals surface area contributed by atoms with Crippen LogP contribution in [0.4, 0.5) is 0 Å². The van der Waals surface area contributed by atoms with E-state index in [2.05, 4.69) is 4.90 Å². The van der Waals surface area contributed by atoms with E-state index in [4.69, 9.17) is 37.4 Å². The van der Waals surface area contributed by atoms with Crippen molar-refractivity contribution in [3.63, 3.8) is 0 Å². The molecule has 0 spiro atoms. The molecule has 5 rings (SSSR count). The van der Waals surface area contributed by atoms with Gasteiger partial charge >= 0.3 is 0 Å². The minimum atomic E-state index is -0.808. The zero-order valence-electron chi connectivity index (χ0n) is 19.5. The highest BCUT2D eigenvalue weighted by Crippen LogP contribution is 2.42.